The van der Waals surface area contributed by atoms with Crippen molar-refractivity contribution in [2.75, 3.05) is 0 Å². The molecule has 0 bridgehead atoms. The number of carboxylic acids is 1. The average Bonchev–Trinajstić information content (AvgIpc) is 2.90. The summed E-state index contributed by atoms with van der Waals surface area (Å²) in [5, 5.41) is 11.7. The summed E-state index contributed by atoms with van der Waals surface area (Å²) in [6, 6.07) is 10.1. The lowest BCUT2D eigenvalue weighted by Crippen LogP contribution is -2.41. The van der Waals surface area contributed by atoms with E-state index in [1.807, 2.05) is 30.3 Å². The number of hydrogen-bond acceptors (Lipinski definition) is 3. The Morgan fingerprint density at radius 3 is 2.52 bits per heavy atom. The van der Waals surface area contributed by atoms with Gasteiger partial charge in [-0.2, -0.15) is 0 Å². The van der Waals surface area contributed by atoms with E-state index in [1.165, 1.54) is 12.3 Å². The first kappa shape index (κ1) is 15.3. The molecular weight excluding hydrogens is 338 g/mol. The minimum absolute atomic E-state index is 0.279. The number of aliphatic carboxylic acids is 1. The number of amides is 1. The fourth-order valence-electron chi connectivity index (χ4n) is 1.90. The van der Waals surface area contributed by atoms with E-state index in [2.05, 4.69) is 21.2 Å². The van der Waals surface area contributed by atoms with E-state index in [9.17, 15) is 14.7 Å². The lowest BCUT2D eigenvalue weighted by Gasteiger charge is -2.14. The van der Waals surface area contributed by atoms with Crippen LogP contribution in [0, 0.1) is 0 Å². The van der Waals surface area contributed by atoms with Gasteiger partial charge >= 0.3 is 5.97 Å². The van der Waals surface area contributed by atoms with Gasteiger partial charge in [-0.3, -0.25) is 4.79 Å². The molecular formula is C15H14BrNO4. The summed E-state index contributed by atoms with van der Waals surface area (Å²) < 4.78 is 5.25. The van der Waals surface area contributed by atoms with Crippen molar-refractivity contribution in [3.63, 3.8) is 0 Å². The van der Waals surface area contributed by atoms with Gasteiger partial charge in [0.05, 0.1) is 11.8 Å². The molecule has 1 atom stereocenters. The number of rotatable bonds is 6. The highest BCUT2D eigenvalue weighted by Crippen LogP contribution is 2.17. The van der Waals surface area contributed by atoms with E-state index in [0.29, 0.717) is 12.8 Å². The topological polar surface area (TPSA) is 79.5 Å². The molecule has 0 aliphatic rings. The molecule has 2 aromatic rings. The summed E-state index contributed by atoms with van der Waals surface area (Å²) in [6.45, 7) is 0. The molecule has 0 aliphatic carbocycles. The van der Waals surface area contributed by atoms with Gasteiger partial charge in [0.15, 0.2) is 4.67 Å². The first-order valence-electron chi connectivity index (χ1n) is 6.38. The summed E-state index contributed by atoms with van der Waals surface area (Å²) in [5.41, 5.74) is 1.31. The van der Waals surface area contributed by atoms with Crippen molar-refractivity contribution in [3.8, 4) is 0 Å². The van der Waals surface area contributed by atoms with Crippen molar-refractivity contribution in [1.29, 1.82) is 0 Å². The normalized spacial score (nSPS) is 11.9. The Hall–Kier alpha value is -2.08. The minimum atomic E-state index is -1.06. The molecule has 2 N–H and O–H groups in total. The number of aryl methyl sites for hydroxylation is 1. The van der Waals surface area contributed by atoms with Crippen LogP contribution in [0.1, 0.15) is 22.3 Å². The fourth-order valence-corrected chi connectivity index (χ4v) is 2.32. The molecule has 110 valence electrons. The van der Waals surface area contributed by atoms with Crippen LogP contribution in [0.3, 0.4) is 0 Å². The Morgan fingerprint density at radius 2 is 1.95 bits per heavy atom. The molecule has 5 nitrogen and oxygen atoms in total. The Morgan fingerprint density at radius 1 is 1.24 bits per heavy atom. The predicted octanol–water partition coefficient (Wildman–Crippen LogP) is 2.86. The maximum absolute atomic E-state index is 12.0. The van der Waals surface area contributed by atoms with Crippen LogP contribution < -0.4 is 5.32 Å². The second-order valence-electron chi connectivity index (χ2n) is 4.50. The predicted molar refractivity (Wildman–Crippen MR) is 80.1 cm³/mol. The Labute approximate surface area is 130 Å². The molecule has 1 unspecified atom stereocenters. The van der Waals surface area contributed by atoms with Gasteiger partial charge in [0.25, 0.3) is 5.91 Å². The number of benzene rings is 1. The summed E-state index contributed by atoms with van der Waals surface area (Å²) in [6.07, 6.45) is 2.25. The largest absolute Gasteiger partial charge is 0.480 e. The highest BCUT2D eigenvalue weighted by atomic mass is 79.9. The van der Waals surface area contributed by atoms with Crippen LogP contribution in [0.25, 0.3) is 0 Å². The number of hydrogen-bond donors (Lipinski definition) is 2. The second kappa shape index (κ2) is 7.08. The standard InChI is InChI=1S/C15H14BrNO4/c16-13-11(8-9-21-13)14(18)17-12(15(19)20)7-6-10-4-2-1-3-5-10/h1-5,8-9,12H,6-7H2,(H,17,18)(H,19,20). The van der Waals surface area contributed by atoms with Crippen LogP contribution in [0.2, 0.25) is 0 Å². The Bertz CT molecular complexity index is 624. The summed E-state index contributed by atoms with van der Waals surface area (Å²) >= 11 is 3.09. The molecule has 1 amide bonds. The zero-order chi connectivity index (χ0) is 15.2. The quantitative estimate of drug-likeness (QED) is 0.838. The number of halogens is 1. The van der Waals surface area contributed by atoms with E-state index in [0.717, 1.165) is 5.56 Å². The number of carboxylic acid groups (broad SMARTS) is 1. The van der Waals surface area contributed by atoms with Gasteiger partial charge in [-0.15, -0.1) is 0 Å². The Balaban J connectivity index is 1.98. The van der Waals surface area contributed by atoms with Crippen LogP contribution in [-0.2, 0) is 11.2 Å². The third kappa shape index (κ3) is 4.19. The van der Waals surface area contributed by atoms with Gasteiger partial charge in [-0.1, -0.05) is 30.3 Å². The molecule has 0 radical (unpaired) electrons. The Kier molecular flexibility index (Phi) is 5.16. The van der Waals surface area contributed by atoms with Crippen LogP contribution in [0.5, 0.6) is 0 Å². The van der Waals surface area contributed by atoms with Gasteiger partial charge in [-0.05, 0) is 40.4 Å². The summed E-state index contributed by atoms with van der Waals surface area (Å²) in [7, 11) is 0. The van der Waals surface area contributed by atoms with Crippen molar-refractivity contribution in [2.45, 2.75) is 18.9 Å². The molecule has 2 rings (SSSR count). The van der Waals surface area contributed by atoms with Crippen molar-refractivity contribution in [3.05, 3.63) is 58.5 Å². The molecule has 0 saturated heterocycles. The molecule has 0 fully saturated rings. The van der Waals surface area contributed by atoms with Gasteiger partial charge < -0.3 is 14.8 Å². The number of nitrogens with one attached hydrogen (secondary N) is 1. The van der Waals surface area contributed by atoms with Crippen molar-refractivity contribution >= 4 is 27.8 Å². The van der Waals surface area contributed by atoms with Crippen LogP contribution in [-0.4, -0.2) is 23.0 Å². The molecule has 0 aliphatic heterocycles. The fraction of sp³-hybridized carbons (Fsp3) is 0.200. The first-order chi connectivity index (χ1) is 10.1. The molecule has 1 aromatic heterocycles. The van der Waals surface area contributed by atoms with E-state index >= 15 is 0 Å². The van der Waals surface area contributed by atoms with Gasteiger partial charge in [0.2, 0.25) is 0 Å². The lowest BCUT2D eigenvalue weighted by atomic mass is 10.1. The third-order valence-electron chi connectivity index (χ3n) is 3.03. The second-order valence-corrected chi connectivity index (χ2v) is 5.22. The van der Waals surface area contributed by atoms with Crippen LogP contribution in [0.15, 0.2) is 51.7 Å². The first-order valence-corrected chi connectivity index (χ1v) is 7.18. The average molecular weight is 352 g/mol. The molecule has 0 spiro atoms. The SMILES string of the molecule is O=C(NC(CCc1ccccc1)C(=O)O)c1ccoc1Br. The maximum Gasteiger partial charge on any atom is 0.326 e. The highest BCUT2D eigenvalue weighted by Gasteiger charge is 2.22. The highest BCUT2D eigenvalue weighted by molar-refractivity contribution is 9.10. The maximum atomic E-state index is 12.0. The van der Waals surface area contributed by atoms with Crippen molar-refractivity contribution in [1.82, 2.24) is 5.32 Å². The smallest absolute Gasteiger partial charge is 0.326 e. The zero-order valence-electron chi connectivity index (χ0n) is 11.1. The third-order valence-corrected chi connectivity index (χ3v) is 3.64. The van der Waals surface area contributed by atoms with E-state index in [1.54, 1.807) is 0 Å². The van der Waals surface area contributed by atoms with Crippen molar-refractivity contribution in [2.24, 2.45) is 0 Å². The lowest BCUT2D eigenvalue weighted by molar-refractivity contribution is -0.139. The molecule has 6 heteroatoms. The van der Waals surface area contributed by atoms with E-state index in [4.69, 9.17) is 4.42 Å². The van der Waals surface area contributed by atoms with Gasteiger partial charge in [-0.25, -0.2) is 4.79 Å². The molecule has 0 saturated carbocycles. The molecule has 1 heterocycles. The van der Waals surface area contributed by atoms with E-state index in [-0.39, 0.29) is 10.2 Å². The molecule has 1 aromatic carbocycles. The molecule has 21 heavy (non-hydrogen) atoms. The van der Waals surface area contributed by atoms with Crippen molar-refractivity contribution < 1.29 is 19.1 Å². The van der Waals surface area contributed by atoms with E-state index < -0.39 is 17.9 Å². The van der Waals surface area contributed by atoms with Gasteiger partial charge in [0, 0.05) is 0 Å². The van der Waals surface area contributed by atoms with Gasteiger partial charge in [0.1, 0.15) is 6.04 Å². The zero-order valence-corrected chi connectivity index (χ0v) is 12.7. The monoisotopic (exact) mass is 351 g/mol. The summed E-state index contributed by atoms with van der Waals surface area (Å²) in [5.74, 6) is -1.53. The number of carbonyl (C=O) groups is 2. The number of carbonyl (C=O) groups excluding carboxylic acids is 1. The minimum Gasteiger partial charge on any atom is -0.480 e. The summed E-state index contributed by atoms with van der Waals surface area (Å²) in [4.78, 5) is 23.2. The van der Waals surface area contributed by atoms with Crippen LogP contribution >= 0.6 is 15.9 Å². The number of furan rings is 1. The van der Waals surface area contributed by atoms with Crippen LogP contribution in [0.4, 0.5) is 0 Å².